The molecule has 0 aliphatic heterocycles. The van der Waals surface area contributed by atoms with E-state index in [-0.39, 0.29) is 11.2 Å². The quantitative estimate of drug-likeness (QED) is 0.675. The van der Waals surface area contributed by atoms with E-state index in [2.05, 4.69) is 42.8 Å². The van der Waals surface area contributed by atoms with Gasteiger partial charge < -0.3 is 0 Å². The molecule has 0 amide bonds. The van der Waals surface area contributed by atoms with Crippen molar-refractivity contribution in [2.75, 3.05) is 0 Å². The Morgan fingerprint density at radius 2 is 1.84 bits per heavy atom. The summed E-state index contributed by atoms with van der Waals surface area (Å²) in [7, 11) is 0. The first-order valence-electron chi connectivity index (χ1n) is 6.21. The maximum Gasteiger partial charge on any atom is 0.204 e. The van der Waals surface area contributed by atoms with Gasteiger partial charge in [0.05, 0.1) is 4.88 Å². The molecule has 1 aromatic heterocycles. The summed E-state index contributed by atoms with van der Waals surface area (Å²) in [5.41, 5.74) is 1.91. The van der Waals surface area contributed by atoms with Gasteiger partial charge >= 0.3 is 0 Å². The molecule has 0 unspecified atom stereocenters. The van der Waals surface area contributed by atoms with E-state index in [9.17, 15) is 4.79 Å². The van der Waals surface area contributed by atoms with Crippen LogP contribution in [0.2, 0.25) is 0 Å². The highest BCUT2D eigenvalue weighted by Crippen LogP contribution is 2.32. The molecule has 1 nitrogen and oxygen atoms in total. The lowest BCUT2D eigenvalue weighted by Gasteiger charge is -2.15. The molecule has 0 bridgehead atoms. The molecule has 0 atom stereocenters. The average Bonchev–Trinajstić information content (AvgIpc) is 2.81. The van der Waals surface area contributed by atoms with Crippen molar-refractivity contribution >= 4 is 33.0 Å². The fourth-order valence-electron chi connectivity index (χ4n) is 1.82. The number of ketones is 1. The summed E-state index contributed by atoms with van der Waals surface area (Å²) in [4.78, 5) is 14.6. The zero-order valence-corrected chi connectivity index (χ0v) is 14.0. The molecule has 0 aliphatic rings. The van der Waals surface area contributed by atoms with E-state index in [1.54, 1.807) is 11.3 Å². The summed E-state index contributed by atoms with van der Waals surface area (Å²) in [6, 6.07) is 9.78. The van der Waals surface area contributed by atoms with E-state index in [0.29, 0.717) is 0 Å². The van der Waals surface area contributed by atoms with Crippen LogP contribution >= 0.6 is 27.3 Å². The molecule has 2 rings (SSSR count). The minimum Gasteiger partial charge on any atom is -0.288 e. The van der Waals surface area contributed by atoms with Gasteiger partial charge in [0.1, 0.15) is 0 Å². The third-order valence-electron chi connectivity index (χ3n) is 3.01. The zero-order chi connectivity index (χ0) is 14.2. The third kappa shape index (κ3) is 2.98. The SMILES string of the molecule is Cc1cccc(C(=O)c2ccc(C(C)(C)C)s2)c1Br. The summed E-state index contributed by atoms with van der Waals surface area (Å²) in [6.07, 6.45) is 0. The fourth-order valence-corrected chi connectivity index (χ4v) is 3.28. The van der Waals surface area contributed by atoms with Crippen LogP contribution in [0.5, 0.6) is 0 Å². The second-order valence-corrected chi connectivity index (χ2v) is 7.56. The predicted molar refractivity (Wildman–Crippen MR) is 85.3 cm³/mol. The Kier molecular flexibility index (Phi) is 3.98. The van der Waals surface area contributed by atoms with Crippen molar-refractivity contribution < 1.29 is 4.79 Å². The Balaban J connectivity index is 2.40. The second kappa shape index (κ2) is 5.22. The summed E-state index contributed by atoms with van der Waals surface area (Å²) in [5.74, 6) is 0.0936. The van der Waals surface area contributed by atoms with Crippen molar-refractivity contribution in [1.82, 2.24) is 0 Å². The number of carbonyl (C=O) groups is 1. The number of benzene rings is 1. The highest BCUT2D eigenvalue weighted by molar-refractivity contribution is 9.10. The van der Waals surface area contributed by atoms with Gasteiger partial charge in [0.15, 0.2) is 0 Å². The summed E-state index contributed by atoms with van der Waals surface area (Å²) >= 11 is 5.10. The number of hydrogen-bond donors (Lipinski definition) is 0. The van der Waals surface area contributed by atoms with Crippen LogP contribution in [0.15, 0.2) is 34.8 Å². The van der Waals surface area contributed by atoms with Crippen LogP contribution in [0.1, 0.15) is 46.4 Å². The number of thiophene rings is 1. The van der Waals surface area contributed by atoms with E-state index >= 15 is 0 Å². The Bertz CT molecular complexity index is 620. The van der Waals surface area contributed by atoms with E-state index in [1.807, 2.05) is 31.2 Å². The van der Waals surface area contributed by atoms with Crippen molar-refractivity contribution in [3.8, 4) is 0 Å². The lowest BCUT2D eigenvalue weighted by atomic mass is 9.95. The Labute approximate surface area is 126 Å². The molecule has 0 aliphatic carbocycles. The van der Waals surface area contributed by atoms with Gasteiger partial charge in [-0.25, -0.2) is 0 Å². The molecule has 0 saturated carbocycles. The lowest BCUT2D eigenvalue weighted by molar-refractivity contribution is 0.104. The Morgan fingerprint density at radius 1 is 1.16 bits per heavy atom. The zero-order valence-electron chi connectivity index (χ0n) is 11.6. The predicted octanol–water partition coefficient (Wildman–Crippen LogP) is 5.35. The smallest absolute Gasteiger partial charge is 0.204 e. The molecule has 3 heteroatoms. The van der Waals surface area contributed by atoms with Gasteiger partial charge in [-0.05, 0) is 52.0 Å². The van der Waals surface area contributed by atoms with Gasteiger partial charge in [0, 0.05) is 14.9 Å². The molecule has 0 N–H and O–H groups in total. The van der Waals surface area contributed by atoms with Gasteiger partial charge in [-0.15, -0.1) is 11.3 Å². The summed E-state index contributed by atoms with van der Waals surface area (Å²) in [5, 5.41) is 0. The van der Waals surface area contributed by atoms with E-state index in [4.69, 9.17) is 0 Å². The minimum atomic E-state index is 0.0903. The van der Waals surface area contributed by atoms with Crippen LogP contribution < -0.4 is 0 Å². The molecule has 100 valence electrons. The van der Waals surface area contributed by atoms with E-state index < -0.39 is 0 Å². The first kappa shape index (κ1) is 14.5. The standard InChI is InChI=1S/C16H17BrOS/c1-10-6-5-7-11(14(10)17)15(18)12-8-9-13(19-12)16(2,3)4/h5-9H,1-4H3. The molecule has 0 radical (unpaired) electrons. The fraction of sp³-hybridized carbons (Fsp3) is 0.312. The number of hydrogen-bond acceptors (Lipinski definition) is 2. The molecular formula is C16H17BrOS. The van der Waals surface area contributed by atoms with Crippen LogP contribution in [-0.4, -0.2) is 5.78 Å². The van der Waals surface area contributed by atoms with Crippen LogP contribution in [0.4, 0.5) is 0 Å². The van der Waals surface area contributed by atoms with Crippen LogP contribution in [0.25, 0.3) is 0 Å². The van der Waals surface area contributed by atoms with Gasteiger partial charge in [-0.2, -0.15) is 0 Å². The third-order valence-corrected chi connectivity index (χ3v) is 5.57. The average molecular weight is 337 g/mol. The highest BCUT2D eigenvalue weighted by Gasteiger charge is 2.20. The first-order valence-corrected chi connectivity index (χ1v) is 7.82. The molecule has 2 aromatic rings. The summed E-state index contributed by atoms with van der Waals surface area (Å²) < 4.78 is 0.894. The topological polar surface area (TPSA) is 17.1 Å². The lowest BCUT2D eigenvalue weighted by Crippen LogP contribution is -2.08. The molecule has 1 heterocycles. The van der Waals surface area contributed by atoms with Crippen LogP contribution in [0, 0.1) is 6.92 Å². The minimum absolute atomic E-state index is 0.0903. The van der Waals surface area contributed by atoms with Gasteiger partial charge in [0.25, 0.3) is 0 Å². The first-order chi connectivity index (χ1) is 8.80. The molecule has 0 spiro atoms. The highest BCUT2D eigenvalue weighted by atomic mass is 79.9. The van der Waals surface area contributed by atoms with E-state index in [1.165, 1.54) is 4.88 Å². The Hall–Kier alpha value is -0.930. The van der Waals surface area contributed by atoms with Crippen molar-refractivity contribution in [2.45, 2.75) is 33.1 Å². The number of carbonyl (C=O) groups excluding carboxylic acids is 1. The number of halogens is 1. The maximum absolute atomic E-state index is 12.5. The van der Waals surface area contributed by atoms with Crippen LogP contribution in [0.3, 0.4) is 0 Å². The number of aryl methyl sites for hydroxylation is 1. The van der Waals surface area contributed by atoms with Crippen molar-refractivity contribution in [3.63, 3.8) is 0 Å². The summed E-state index contributed by atoms with van der Waals surface area (Å²) in [6.45, 7) is 8.48. The monoisotopic (exact) mass is 336 g/mol. The van der Waals surface area contributed by atoms with Crippen molar-refractivity contribution in [3.05, 3.63) is 55.7 Å². The van der Waals surface area contributed by atoms with Gasteiger partial charge in [-0.1, -0.05) is 32.9 Å². The molecular weight excluding hydrogens is 320 g/mol. The normalized spacial score (nSPS) is 11.6. The van der Waals surface area contributed by atoms with Gasteiger partial charge in [-0.3, -0.25) is 4.79 Å². The van der Waals surface area contributed by atoms with Crippen LogP contribution in [-0.2, 0) is 5.41 Å². The molecule has 1 aromatic carbocycles. The molecule has 0 fully saturated rings. The Morgan fingerprint density at radius 3 is 2.42 bits per heavy atom. The second-order valence-electron chi connectivity index (χ2n) is 5.68. The molecule has 19 heavy (non-hydrogen) atoms. The largest absolute Gasteiger partial charge is 0.288 e. The molecule has 0 saturated heterocycles. The van der Waals surface area contributed by atoms with Crippen molar-refractivity contribution in [1.29, 1.82) is 0 Å². The van der Waals surface area contributed by atoms with Gasteiger partial charge in [0.2, 0.25) is 5.78 Å². The van der Waals surface area contributed by atoms with E-state index in [0.717, 1.165) is 20.5 Å². The maximum atomic E-state index is 12.5. The van der Waals surface area contributed by atoms with Crippen molar-refractivity contribution in [2.24, 2.45) is 0 Å². The number of rotatable bonds is 2.